The fourth-order valence-electron chi connectivity index (χ4n) is 3.81. The highest BCUT2D eigenvalue weighted by Gasteiger charge is 2.47. The van der Waals surface area contributed by atoms with Gasteiger partial charge in [0.2, 0.25) is 0 Å². The van der Waals surface area contributed by atoms with Crippen LogP contribution in [-0.4, -0.2) is 17.5 Å². The van der Waals surface area contributed by atoms with Crippen LogP contribution in [0.4, 0.5) is 0 Å². The molecule has 1 saturated heterocycles. The molecular formula is C16H30O2. The Labute approximate surface area is 112 Å². The highest BCUT2D eigenvalue weighted by atomic mass is 16.7. The molecule has 1 saturated carbocycles. The monoisotopic (exact) mass is 254 g/mol. The average Bonchev–Trinajstić information content (AvgIpc) is 2.12. The highest BCUT2D eigenvalue weighted by molar-refractivity contribution is 4.91. The average molecular weight is 254 g/mol. The lowest BCUT2D eigenvalue weighted by Crippen LogP contribution is -2.54. The molecule has 0 N–H and O–H groups in total. The molecule has 18 heavy (non-hydrogen) atoms. The van der Waals surface area contributed by atoms with Crippen LogP contribution in [0.2, 0.25) is 0 Å². The Balaban J connectivity index is 2.03. The van der Waals surface area contributed by atoms with E-state index in [0.29, 0.717) is 11.5 Å². The Hall–Kier alpha value is -0.0800. The topological polar surface area (TPSA) is 18.5 Å². The molecule has 2 nitrogen and oxygen atoms in total. The number of ether oxygens (including phenoxy) is 2. The van der Waals surface area contributed by atoms with E-state index in [-0.39, 0.29) is 11.4 Å². The van der Waals surface area contributed by atoms with Crippen LogP contribution in [0.25, 0.3) is 0 Å². The van der Waals surface area contributed by atoms with Crippen LogP contribution in [0.1, 0.15) is 73.6 Å². The van der Waals surface area contributed by atoms with Gasteiger partial charge in [-0.05, 0) is 44.9 Å². The van der Waals surface area contributed by atoms with Gasteiger partial charge in [0.15, 0.2) is 5.79 Å². The fraction of sp³-hybridized carbons (Fsp3) is 1.00. The lowest BCUT2D eigenvalue weighted by atomic mass is 9.70. The third-order valence-corrected chi connectivity index (χ3v) is 4.63. The van der Waals surface area contributed by atoms with E-state index in [2.05, 4.69) is 41.5 Å². The van der Waals surface area contributed by atoms with Crippen molar-refractivity contribution in [2.45, 2.75) is 91.1 Å². The fourth-order valence-corrected chi connectivity index (χ4v) is 3.81. The Morgan fingerprint density at radius 2 is 1.61 bits per heavy atom. The number of hydrogen-bond acceptors (Lipinski definition) is 2. The molecule has 2 rings (SSSR count). The molecule has 2 heteroatoms. The van der Waals surface area contributed by atoms with Crippen LogP contribution in [0, 0.1) is 11.3 Å². The molecular weight excluding hydrogens is 224 g/mol. The molecule has 2 fully saturated rings. The van der Waals surface area contributed by atoms with E-state index in [1.807, 2.05) is 0 Å². The summed E-state index contributed by atoms with van der Waals surface area (Å²) < 4.78 is 12.5. The van der Waals surface area contributed by atoms with Crippen LogP contribution in [0.15, 0.2) is 0 Å². The quantitative estimate of drug-likeness (QED) is 0.632. The molecule has 2 aliphatic rings. The van der Waals surface area contributed by atoms with E-state index in [4.69, 9.17) is 9.47 Å². The van der Waals surface area contributed by atoms with Gasteiger partial charge in [0.25, 0.3) is 0 Å². The van der Waals surface area contributed by atoms with Gasteiger partial charge in [-0.1, -0.05) is 20.8 Å². The summed E-state index contributed by atoms with van der Waals surface area (Å²) in [6, 6.07) is 0. The molecule has 1 spiro atoms. The summed E-state index contributed by atoms with van der Waals surface area (Å²) in [4.78, 5) is 0. The summed E-state index contributed by atoms with van der Waals surface area (Å²) in [5.41, 5.74) is 0.379. The molecule has 106 valence electrons. The van der Waals surface area contributed by atoms with Crippen LogP contribution >= 0.6 is 0 Å². The van der Waals surface area contributed by atoms with Gasteiger partial charge in [-0.15, -0.1) is 0 Å². The molecule has 1 heterocycles. The van der Waals surface area contributed by atoms with Gasteiger partial charge in [0, 0.05) is 19.3 Å². The van der Waals surface area contributed by atoms with Gasteiger partial charge in [-0.3, -0.25) is 0 Å². The molecule has 1 aliphatic carbocycles. The van der Waals surface area contributed by atoms with E-state index in [0.717, 1.165) is 25.2 Å². The summed E-state index contributed by atoms with van der Waals surface area (Å²) in [5.74, 6) is 0.513. The van der Waals surface area contributed by atoms with Crippen molar-refractivity contribution in [3.05, 3.63) is 0 Å². The van der Waals surface area contributed by atoms with Crippen LogP contribution in [0.3, 0.4) is 0 Å². The smallest absolute Gasteiger partial charge is 0.169 e. The first kappa shape index (κ1) is 14.3. The predicted octanol–water partition coefficient (Wildman–Crippen LogP) is 4.52. The molecule has 0 aromatic rings. The van der Waals surface area contributed by atoms with E-state index >= 15 is 0 Å². The summed E-state index contributed by atoms with van der Waals surface area (Å²) >= 11 is 0. The Morgan fingerprint density at radius 3 is 2.06 bits per heavy atom. The summed E-state index contributed by atoms with van der Waals surface area (Å²) in [5, 5.41) is 0. The van der Waals surface area contributed by atoms with Crippen molar-refractivity contribution in [1.29, 1.82) is 0 Å². The maximum atomic E-state index is 6.31. The third kappa shape index (κ3) is 3.08. The highest BCUT2D eigenvalue weighted by Crippen LogP contribution is 2.47. The van der Waals surface area contributed by atoms with Crippen molar-refractivity contribution >= 4 is 0 Å². The van der Waals surface area contributed by atoms with Gasteiger partial charge < -0.3 is 9.47 Å². The van der Waals surface area contributed by atoms with E-state index in [1.54, 1.807) is 0 Å². The minimum absolute atomic E-state index is 0.0355. The van der Waals surface area contributed by atoms with Crippen molar-refractivity contribution in [1.82, 2.24) is 0 Å². The van der Waals surface area contributed by atoms with Crippen LogP contribution in [0.5, 0.6) is 0 Å². The molecule has 0 aromatic heterocycles. The lowest BCUT2D eigenvalue weighted by molar-refractivity contribution is -0.352. The molecule has 1 aliphatic heterocycles. The largest absolute Gasteiger partial charge is 0.347 e. The van der Waals surface area contributed by atoms with Gasteiger partial charge in [-0.2, -0.15) is 0 Å². The first-order valence-electron chi connectivity index (χ1n) is 7.50. The summed E-state index contributed by atoms with van der Waals surface area (Å²) in [6.45, 7) is 13.6. The van der Waals surface area contributed by atoms with E-state index in [1.165, 1.54) is 12.8 Å². The van der Waals surface area contributed by atoms with Gasteiger partial charge in [0.05, 0.1) is 11.7 Å². The first-order chi connectivity index (χ1) is 8.12. The molecule has 0 aromatic carbocycles. The van der Waals surface area contributed by atoms with Crippen molar-refractivity contribution in [3.63, 3.8) is 0 Å². The second kappa shape index (κ2) is 4.49. The van der Waals surface area contributed by atoms with Crippen molar-refractivity contribution < 1.29 is 9.47 Å². The van der Waals surface area contributed by atoms with Gasteiger partial charge in [0.1, 0.15) is 0 Å². The molecule has 0 bridgehead atoms. The number of rotatable bonds is 0. The van der Waals surface area contributed by atoms with Crippen molar-refractivity contribution in [3.8, 4) is 0 Å². The molecule has 1 unspecified atom stereocenters. The van der Waals surface area contributed by atoms with Gasteiger partial charge >= 0.3 is 0 Å². The Kier molecular flexibility index (Phi) is 3.57. The van der Waals surface area contributed by atoms with Crippen molar-refractivity contribution in [2.75, 3.05) is 0 Å². The summed E-state index contributed by atoms with van der Waals surface area (Å²) in [7, 11) is 0. The second-order valence-electron chi connectivity index (χ2n) is 8.05. The molecule has 0 amide bonds. The standard InChI is InChI=1S/C16H30O2/c1-12-11-15(5,6)18-16(17-12)9-7-13(8-10-16)14(2,3)4/h12-13H,7-11H2,1-6H3. The predicted molar refractivity (Wildman–Crippen MR) is 74.5 cm³/mol. The van der Waals surface area contributed by atoms with E-state index < -0.39 is 0 Å². The molecule has 1 atom stereocenters. The number of hydrogen-bond donors (Lipinski definition) is 0. The first-order valence-corrected chi connectivity index (χ1v) is 7.50. The van der Waals surface area contributed by atoms with Crippen molar-refractivity contribution in [2.24, 2.45) is 11.3 Å². The molecule has 0 radical (unpaired) electrons. The Bertz CT molecular complexity index is 293. The zero-order chi connectivity index (χ0) is 13.6. The van der Waals surface area contributed by atoms with Crippen LogP contribution in [-0.2, 0) is 9.47 Å². The third-order valence-electron chi connectivity index (χ3n) is 4.63. The SMILES string of the molecule is CC1CC(C)(C)OC2(CCC(C(C)(C)C)CC2)O1. The zero-order valence-electron chi connectivity index (χ0n) is 13.0. The zero-order valence-corrected chi connectivity index (χ0v) is 13.0. The van der Waals surface area contributed by atoms with E-state index in [9.17, 15) is 0 Å². The second-order valence-corrected chi connectivity index (χ2v) is 8.05. The minimum atomic E-state index is -0.289. The Morgan fingerprint density at radius 1 is 1.06 bits per heavy atom. The van der Waals surface area contributed by atoms with Crippen LogP contribution < -0.4 is 0 Å². The summed E-state index contributed by atoms with van der Waals surface area (Å²) in [6.07, 6.45) is 5.89. The lowest BCUT2D eigenvalue weighted by Gasteiger charge is -2.51. The normalized spacial score (nSPS) is 41.0. The maximum Gasteiger partial charge on any atom is 0.169 e. The maximum absolute atomic E-state index is 6.31. The minimum Gasteiger partial charge on any atom is -0.347 e. The van der Waals surface area contributed by atoms with Gasteiger partial charge in [-0.25, -0.2) is 0 Å².